The first kappa shape index (κ1) is 15.9. The number of hydrogen-bond donors (Lipinski definition) is 1. The van der Waals surface area contributed by atoms with Crippen molar-refractivity contribution in [1.29, 1.82) is 0 Å². The molecule has 0 aliphatic heterocycles. The van der Waals surface area contributed by atoms with E-state index in [1.807, 2.05) is 65.4 Å². The molecule has 1 N–H and O–H groups in total. The predicted molar refractivity (Wildman–Crippen MR) is 98.8 cm³/mol. The summed E-state index contributed by atoms with van der Waals surface area (Å²) in [5.74, 6) is 0.256. The van der Waals surface area contributed by atoms with Gasteiger partial charge in [0.1, 0.15) is 18.2 Å². The standard InChI is InChI=1S/C21H16N2O3/c24-21(25)18-7-4-8-20(22-18)23-12-11-16-9-10-17(13-19(16)23)26-14-15-5-2-1-3-6-15/h1-13H,14H2,(H,24,25). The lowest BCUT2D eigenvalue weighted by atomic mass is 10.2. The van der Waals surface area contributed by atoms with Crippen LogP contribution in [0.4, 0.5) is 0 Å². The molecular formula is C21H16N2O3. The van der Waals surface area contributed by atoms with Crippen molar-refractivity contribution in [2.45, 2.75) is 6.61 Å². The van der Waals surface area contributed by atoms with Crippen LogP contribution in [0.15, 0.2) is 79.0 Å². The van der Waals surface area contributed by atoms with Gasteiger partial charge < -0.3 is 14.4 Å². The monoisotopic (exact) mass is 344 g/mol. The molecule has 128 valence electrons. The number of carbonyl (C=O) groups is 1. The topological polar surface area (TPSA) is 64.3 Å². The predicted octanol–water partition coefficient (Wildman–Crippen LogP) is 4.30. The van der Waals surface area contributed by atoms with Gasteiger partial charge >= 0.3 is 5.97 Å². The number of carboxylic acids is 1. The van der Waals surface area contributed by atoms with E-state index in [2.05, 4.69) is 4.98 Å². The van der Waals surface area contributed by atoms with E-state index in [-0.39, 0.29) is 5.69 Å². The summed E-state index contributed by atoms with van der Waals surface area (Å²) in [7, 11) is 0. The average molecular weight is 344 g/mol. The minimum atomic E-state index is -1.05. The van der Waals surface area contributed by atoms with Gasteiger partial charge in [-0.25, -0.2) is 9.78 Å². The van der Waals surface area contributed by atoms with Gasteiger partial charge in [-0.05, 0) is 35.9 Å². The lowest BCUT2D eigenvalue weighted by molar-refractivity contribution is 0.0690. The number of benzene rings is 2. The van der Waals surface area contributed by atoms with Crippen LogP contribution in [0.5, 0.6) is 5.75 Å². The van der Waals surface area contributed by atoms with Crippen LogP contribution in [-0.2, 0) is 6.61 Å². The summed E-state index contributed by atoms with van der Waals surface area (Å²) in [6.45, 7) is 0.486. The second-order valence-electron chi connectivity index (χ2n) is 5.87. The molecule has 0 bridgehead atoms. The van der Waals surface area contributed by atoms with Gasteiger partial charge in [0, 0.05) is 17.6 Å². The Kier molecular flexibility index (Phi) is 4.11. The Morgan fingerprint density at radius 1 is 1.00 bits per heavy atom. The molecule has 4 rings (SSSR count). The van der Waals surface area contributed by atoms with Crippen molar-refractivity contribution in [2.75, 3.05) is 0 Å². The fourth-order valence-corrected chi connectivity index (χ4v) is 2.82. The molecule has 0 aliphatic rings. The van der Waals surface area contributed by atoms with E-state index in [0.29, 0.717) is 12.4 Å². The number of rotatable bonds is 5. The number of nitrogens with zero attached hydrogens (tertiary/aromatic N) is 2. The van der Waals surface area contributed by atoms with Gasteiger partial charge in [-0.15, -0.1) is 0 Å². The normalized spacial score (nSPS) is 10.8. The van der Waals surface area contributed by atoms with Crippen LogP contribution in [-0.4, -0.2) is 20.6 Å². The molecule has 0 radical (unpaired) electrons. The molecule has 4 aromatic rings. The molecule has 0 saturated heterocycles. The smallest absolute Gasteiger partial charge is 0.354 e. The zero-order chi connectivity index (χ0) is 17.9. The molecule has 2 heterocycles. The lowest BCUT2D eigenvalue weighted by Crippen LogP contribution is -2.04. The summed E-state index contributed by atoms with van der Waals surface area (Å²) >= 11 is 0. The Labute approximate surface area is 150 Å². The molecule has 0 aliphatic carbocycles. The van der Waals surface area contributed by atoms with Crippen LogP contribution in [0.2, 0.25) is 0 Å². The highest BCUT2D eigenvalue weighted by Crippen LogP contribution is 2.25. The SMILES string of the molecule is O=C(O)c1cccc(-n2ccc3ccc(OCc4ccccc4)cc32)n1. The van der Waals surface area contributed by atoms with Crippen molar-refractivity contribution in [3.63, 3.8) is 0 Å². The third kappa shape index (κ3) is 3.15. The summed E-state index contributed by atoms with van der Waals surface area (Å²) in [6.07, 6.45) is 1.87. The van der Waals surface area contributed by atoms with Crippen molar-refractivity contribution >= 4 is 16.9 Å². The quantitative estimate of drug-likeness (QED) is 0.586. The van der Waals surface area contributed by atoms with E-state index in [1.165, 1.54) is 6.07 Å². The largest absolute Gasteiger partial charge is 0.489 e. The number of aromatic carboxylic acids is 1. The summed E-state index contributed by atoms with van der Waals surface area (Å²) in [5.41, 5.74) is 2.02. The van der Waals surface area contributed by atoms with Crippen molar-refractivity contribution < 1.29 is 14.6 Å². The minimum Gasteiger partial charge on any atom is -0.489 e. The fourth-order valence-electron chi connectivity index (χ4n) is 2.82. The van der Waals surface area contributed by atoms with Crippen molar-refractivity contribution in [2.24, 2.45) is 0 Å². The highest BCUT2D eigenvalue weighted by atomic mass is 16.5. The van der Waals surface area contributed by atoms with Crippen molar-refractivity contribution in [1.82, 2.24) is 9.55 Å². The summed E-state index contributed by atoms with van der Waals surface area (Å²) < 4.78 is 7.75. The van der Waals surface area contributed by atoms with E-state index in [4.69, 9.17) is 9.84 Å². The molecule has 5 heteroatoms. The van der Waals surface area contributed by atoms with E-state index in [0.717, 1.165) is 22.2 Å². The number of aromatic nitrogens is 2. The van der Waals surface area contributed by atoms with Crippen LogP contribution in [0, 0.1) is 0 Å². The lowest BCUT2D eigenvalue weighted by Gasteiger charge is -2.09. The zero-order valence-electron chi connectivity index (χ0n) is 13.9. The Morgan fingerprint density at radius 3 is 2.65 bits per heavy atom. The number of ether oxygens (including phenoxy) is 1. The van der Waals surface area contributed by atoms with Gasteiger partial charge in [0.25, 0.3) is 0 Å². The van der Waals surface area contributed by atoms with Crippen LogP contribution in [0.1, 0.15) is 16.1 Å². The fraction of sp³-hybridized carbons (Fsp3) is 0.0476. The van der Waals surface area contributed by atoms with Gasteiger partial charge in [-0.3, -0.25) is 0 Å². The number of hydrogen-bond acceptors (Lipinski definition) is 3. The zero-order valence-corrected chi connectivity index (χ0v) is 13.9. The molecule has 26 heavy (non-hydrogen) atoms. The number of pyridine rings is 1. The molecule has 0 saturated carbocycles. The maximum absolute atomic E-state index is 11.2. The van der Waals surface area contributed by atoms with Gasteiger partial charge in [-0.2, -0.15) is 0 Å². The average Bonchev–Trinajstić information content (AvgIpc) is 3.10. The molecule has 5 nitrogen and oxygen atoms in total. The first-order valence-corrected chi connectivity index (χ1v) is 8.19. The maximum Gasteiger partial charge on any atom is 0.354 e. The van der Waals surface area contributed by atoms with Crippen LogP contribution in [0.3, 0.4) is 0 Å². The van der Waals surface area contributed by atoms with Crippen LogP contribution >= 0.6 is 0 Å². The Bertz CT molecular complexity index is 1070. The molecule has 0 unspecified atom stereocenters. The van der Waals surface area contributed by atoms with Gasteiger partial charge in [-0.1, -0.05) is 36.4 Å². The molecular weight excluding hydrogens is 328 g/mol. The van der Waals surface area contributed by atoms with Gasteiger partial charge in [0.2, 0.25) is 0 Å². The second kappa shape index (κ2) is 6.72. The van der Waals surface area contributed by atoms with E-state index < -0.39 is 5.97 Å². The summed E-state index contributed by atoms with van der Waals surface area (Å²) in [6, 6.07) is 22.7. The highest BCUT2D eigenvalue weighted by molar-refractivity contribution is 5.86. The van der Waals surface area contributed by atoms with Crippen LogP contribution in [0.25, 0.3) is 16.7 Å². The number of fused-ring (bicyclic) bond motifs is 1. The Morgan fingerprint density at radius 2 is 1.85 bits per heavy atom. The molecule has 0 amide bonds. The second-order valence-corrected chi connectivity index (χ2v) is 5.87. The van der Waals surface area contributed by atoms with Gasteiger partial charge in [0.05, 0.1) is 5.52 Å². The molecule has 0 fully saturated rings. The van der Waals surface area contributed by atoms with Crippen LogP contribution < -0.4 is 4.74 Å². The summed E-state index contributed by atoms with van der Waals surface area (Å²) in [5, 5.41) is 10.2. The first-order valence-electron chi connectivity index (χ1n) is 8.19. The molecule has 2 aromatic carbocycles. The third-order valence-electron chi connectivity index (χ3n) is 4.11. The molecule has 2 aromatic heterocycles. The Balaban J connectivity index is 1.66. The molecule has 0 spiro atoms. The molecule has 0 atom stereocenters. The van der Waals surface area contributed by atoms with Crippen molar-refractivity contribution in [3.8, 4) is 11.6 Å². The number of carboxylic acid groups (broad SMARTS) is 1. The minimum absolute atomic E-state index is 0.0147. The van der Waals surface area contributed by atoms with E-state index >= 15 is 0 Å². The Hall–Kier alpha value is -3.60. The first-order chi connectivity index (χ1) is 12.7. The summed E-state index contributed by atoms with van der Waals surface area (Å²) in [4.78, 5) is 15.4. The van der Waals surface area contributed by atoms with E-state index in [9.17, 15) is 4.79 Å². The third-order valence-corrected chi connectivity index (χ3v) is 4.11. The van der Waals surface area contributed by atoms with Crippen molar-refractivity contribution in [3.05, 3.63) is 90.3 Å². The van der Waals surface area contributed by atoms with Gasteiger partial charge in [0.15, 0.2) is 5.69 Å². The van der Waals surface area contributed by atoms with E-state index in [1.54, 1.807) is 12.1 Å². The highest BCUT2D eigenvalue weighted by Gasteiger charge is 2.09. The maximum atomic E-state index is 11.2.